The van der Waals surface area contributed by atoms with Crippen LogP contribution in [0.2, 0.25) is 5.02 Å². The van der Waals surface area contributed by atoms with Crippen molar-refractivity contribution >= 4 is 34.2 Å². The van der Waals surface area contributed by atoms with E-state index >= 15 is 0 Å². The summed E-state index contributed by atoms with van der Waals surface area (Å²) in [5.74, 6) is 2.55. The van der Waals surface area contributed by atoms with Gasteiger partial charge >= 0.3 is 0 Å². The molecule has 2 bridgehead atoms. The normalized spacial score (nSPS) is 28.1. The van der Waals surface area contributed by atoms with Crippen molar-refractivity contribution in [3.8, 4) is 5.75 Å². The molecular formula is C34H49ClN2O4S. The molecule has 2 aromatic rings. The highest BCUT2D eigenvalue weighted by molar-refractivity contribution is 7.83. The fourth-order valence-corrected chi connectivity index (χ4v) is 8.18. The number of aryl methyl sites for hydroxylation is 1. The lowest BCUT2D eigenvalue weighted by Gasteiger charge is -2.44. The van der Waals surface area contributed by atoms with E-state index in [1.54, 1.807) is 6.07 Å². The maximum atomic E-state index is 13.1. The predicted molar refractivity (Wildman–Crippen MR) is 174 cm³/mol. The number of nitrogens with zero attached hydrogens (tertiary/aromatic N) is 1. The van der Waals surface area contributed by atoms with Gasteiger partial charge in [0.05, 0.1) is 12.3 Å². The molecule has 0 radical (unpaired) electrons. The van der Waals surface area contributed by atoms with Gasteiger partial charge in [-0.15, -0.1) is 0 Å². The van der Waals surface area contributed by atoms with Gasteiger partial charge in [-0.1, -0.05) is 58.2 Å². The summed E-state index contributed by atoms with van der Waals surface area (Å²) in [6.07, 6.45) is 7.23. The SMILES string of the molecule is CC.CCCc1cc(Cl)ccc1C1COc2ccc3cc2N(C1)CC1CCC1C(CO)CCCC(C)CS(=O)NC3=O. The highest BCUT2D eigenvalue weighted by Crippen LogP contribution is 2.45. The molecule has 2 aliphatic heterocycles. The Balaban J connectivity index is 0.00000198. The summed E-state index contributed by atoms with van der Waals surface area (Å²) in [6, 6.07) is 11.8. The first-order chi connectivity index (χ1) is 20.4. The standard InChI is InChI=1S/C32H43ClN2O4S.C2H6/c1-3-5-22-14-27(33)10-12-28(22)26-17-35-16-24-8-11-29(24)25(18-36)7-4-6-21(2)20-40(38)34-32(37)23-9-13-31(39-19-26)30(35)15-23;1-2/h9-10,12-15,21,24-26,29,36H,3-8,11,16-20H2,1-2H3,(H,34,37);1-2H3. The number of amides is 1. The molecule has 1 fully saturated rings. The van der Waals surface area contributed by atoms with Gasteiger partial charge in [0.2, 0.25) is 0 Å². The molecule has 6 nitrogen and oxygen atoms in total. The lowest BCUT2D eigenvalue weighted by Crippen LogP contribution is -2.43. The Hall–Kier alpha value is -2.09. The molecule has 1 amide bonds. The van der Waals surface area contributed by atoms with E-state index in [9.17, 15) is 14.1 Å². The number of aliphatic hydroxyl groups excluding tert-OH is 1. The van der Waals surface area contributed by atoms with Crippen molar-refractivity contribution in [1.82, 2.24) is 4.72 Å². The number of hydrogen-bond donors (Lipinski definition) is 2. The number of rotatable bonds is 4. The monoisotopic (exact) mass is 616 g/mol. The number of carbonyl (C=O) groups excluding carboxylic acids is 1. The van der Waals surface area contributed by atoms with E-state index in [0.717, 1.165) is 74.5 Å². The van der Waals surface area contributed by atoms with E-state index in [4.69, 9.17) is 16.3 Å². The van der Waals surface area contributed by atoms with E-state index in [0.29, 0.717) is 35.7 Å². The third-order valence-corrected chi connectivity index (χ3v) is 10.7. The van der Waals surface area contributed by atoms with Crippen LogP contribution < -0.4 is 14.4 Å². The summed E-state index contributed by atoms with van der Waals surface area (Å²) in [4.78, 5) is 15.5. The van der Waals surface area contributed by atoms with Gasteiger partial charge in [-0.25, -0.2) is 4.21 Å². The minimum atomic E-state index is -1.44. The van der Waals surface area contributed by atoms with Gasteiger partial charge in [0.15, 0.2) is 0 Å². The molecule has 2 heterocycles. The summed E-state index contributed by atoms with van der Waals surface area (Å²) in [7, 11) is -1.44. The molecule has 1 aliphatic carbocycles. The minimum Gasteiger partial charge on any atom is -0.491 e. The number of aliphatic hydroxyl groups is 1. The van der Waals surface area contributed by atoms with E-state index in [-0.39, 0.29) is 24.3 Å². The number of halogens is 1. The van der Waals surface area contributed by atoms with Crippen molar-refractivity contribution in [2.75, 3.05) is 37.0 Å². The van der Waals surface area contributed by atoms with Crippen LogP contribution in [0.4, 0.5) is 5.69 Å². The van der Waals surface area contributed by atoms with Gasteiger partial charge in [0, 0.05) is 42.0 Å². The van der Waals surface area contributed by atoms with E-state index in [1.807, 2.05) is 32.0 Å². The molecule has 5 rings (SSSR count). The minimum absolute atomic E-state index is 0.148. The van der Waals surface area contributed by atoms with Crippen LogP contribution in [0.15, 0.2) is 36.4 Å². The second kappa shape index (κ2) is 15.6. The molecule has 2 N–H and O–H groups in total. The second-order valence-electron chi connectivity index (χ2n) is 12.1. The Labute approximate surface area is 260 Å². The first-order valence-corrected chi connectivity index (χ1v) is 17.7. The number of carbonyl (C=O) groups is 1. The maximum absolute atomic E-state index is 13.1. The molecule has 8 heteroatoms. The number of fused-ring (bicyclic) bond motifs is 2. The summed E-state index contributed by atoms with van der Waals surface area (Å²) >= 11 is 6.39. The molecule has 42 heavy (non-hydrogen) atoms. The highest BCUT2D eigenvalue weighted by atomic mass is 35.5. The number of anilines is 1. The number of nitrogens with one attached hydrogen (secondary N) is 1. The van der Waals surface area contributed by atoms with Crippen molar-refractivity contribution in [3.05, 3.63) is 58.1 Å². The Morgan fingerprint density at radius 1 is 1.10 bits per heavy atom. The van der Waals surface area contributed by atoms with Crippen LogP contribution in [0.3, 0.4) is 0 Å². The molecule has 1 saturated carbocycles. The summed E-state index contributed by atoms with van der Waals surface area (Å²) in [5, 5.41) is 11.1. The van der Waals surface area contributed by atoms with Crippen molar-refractivity contribution in [1.29, 1.82) is 0 Å². The van der Waals surface area contributed by atoms with E-state index in [1.165, 1.54) is 11.1 Å². The lowest BCUT2D eigenvalue weighted by atomic mass is 9.65. The van der Waals surface area contributed by atoms with Crippen molar-refractivity contribution in [2.24, 2.45) is 23.7 Å². The first kappa shape index (κ1) is 32.8. The molecular weight excluding hydrogens is 568 g/mol. The van der Waals surface area contributed by atoms with E-state index in [2.05, 4.69) is 35.6 Å². The zero-order chi connectivity index (χ0) is 30.2. The lowest BCUT2D eigenvalue weighted by molar-refractivity contribution is 0.0576. The molecule has 6 atom stereocenters. The smallest absolute Gasteiger partial charge is 0.263 e. The zero-order valence-electron chi connectivity index (χ0n) is 25.7. The Kier molecular flexibility index (Phi) is 12.2. The van der Waals surface area contributed by atoms with Crippen LogP contribution in [0.1, 0.15) is 93.6 Å². The fourth-order valence-electron chi connectivity index (χ4n) is 6.89. The van der Waals surface area contributed by atoms with Crippen molar-refractivity contribution in [3.63, 3.8) is 0 Å². The van der Waals surface area contributed by atoms with Crippen LogP contribution in [0.5, 0.6) is 5.75 Å². The van der Waals surface area contributed by atoms with E-state index < -0.39 is 11.0 Å². The largest absolute Gasteiger partial charge is 0.491 e. The van der Waals surface area contributed by atoms with Crippen LogP contribution in [-0.2, 0) is 17.4 Å². The number of ether oxygens (including phenoxy) is 1. The topological polar surface area (TPSA) is 78.9 Å². The van der Waals surface area contributed by atoms with Gasteiger partial charge in [0.1, 0.15) is 16.7 Å². The third kappa shape index (κ3) is 7.89. The van der Waals surface area contributed by atoms with Crippen LogP contribution in [-0.4, -0.2) is 47.3 Å². The zero-order valence-corrected chi connectivity index (χ0v) is 27.3. The first-order valence-electron chi connectivity index (χ1n) is 16.0. The third-order valence-electron chi connectivity index (χ3n) is 9.19. The molecule has 3 aliphatic rings. The highest BCUT2D eigenvalue weighted by Gasteiger charge is 2.39. The second-order valence-corrected chi connectivity index (χ2v) is 13.8. The molecule has 232 valence electrons. The molecule has 0 spiro atoms. The maximum Gasteiger partial charge on any atom is 0.263 e. The summed E-state index contributed by atoms with van der Waals surface area (Å²) < 4.78 is 21.9. The number of benzene rings is 2. The quantitative estimate of drug-likeness (QED) is 0.381. The Bertz CT molecular complexity index is 1220. The molecule has 0 aromatic heterocycles. The summed E-state index contributed by atoms with van der Waals surface area (Å²) in [5.41, 5.74) is 3.95. The molecule has 2 aromatic carbocycles. The van der Waals surface area contributed by atoms with Gasteiger partial charge in [-0.2, -0.15) is 0 Å². The average molecular weight is 617 g/mol. The Morgan fingerprint density at radius 3 is 2.62 bits per heavy atom. The van der Waals surface area contributed by atoms with Gasteiger partial charge < -0.3 is 14.7 Å². The van der Waals surface area contributed by atoms with Gasteiger partial charge in [-0.05, 0) is 97.2 Å². The van der Waals surface area contributed by atoms with Gasteiger partial charge in [-0.3, -0.25) is 9.52 Å². The van der Waals surface area contributed by atoms with Crippen LogP contribution >= 0.6 is 11.6 Å². The Morgan fingerprint density at radius 2 is 1.90 bits per heavy atom. The molecule has 6 unspecified atom stereocenters. The van der Waals surface area contributed by atoms with Crippen LogP contribution in [0.25, 0.3) is 0 Å². The predicted octanol–water partition coefficient (Wildman–Crippen LogP) is 7.15. The fraction of sp³-hybridized carbons (Fsp3) is 0.618. The van der Waals surface area contributed by atoms with Crippen molar-refractivity contribution in [2.45, 2.75) is 78.6 Å². The average Bonchev–Trinajstić information content (AvgIpc) is 3.14. The van der Waals surface area contributed by atoms with Crippen LogP contribution in [0, 0.1) is 23.7 Å². The molecule has 0 saturated heterocycles. The van der Waals surface area contributed by atoms with Crippen molar-refractivity contribution < 1.29 is 18.8 Å². The summed E-state index contributed by atoms with van der Waals surface area (Å²) in [6.45, 7) is 10.7. The number of hydrogen-bond acceptors (Lipinski definition) is 5. The van der Waals surface area contributed by atoms with Gasteiger partial charge in [0.25, 0.3) is 5.91 Å².